The van der Waals surface area contributed by atoms with Crippen molar-refractivity contribution in [3.63, 3.8) is 0 Å². The SMILES string of the molecule is CC1CCCCN1C(=O)CN1CC2CCCC(N)C2C1. The Balaban J connectivity index is 1.54. The summed E-state index contributed by atoms with van der Waals surface area (Å²) in [5, 5.41) is 0. The maximum Gasteiger partial charge on any atom is 0.236 e. The zero-order chi connectivity index (χ0) is 14.1. The average Bonchev–Trinajstić information content (AvgIpc) is 2.83. The van der Waals surface area contributed by atoms with Gasteiger partial charge in [-0.25, -0.2) is 0 Å². The largest absolute Gasteiger partial charge is 0.339 e. The number of carbonyl (C=O) groups is 1. The number of hydrogen-bond acceptors (Lipinski definition) is 3. The van der Waals surface area contributed by atoms with E-state index >= 15 is 0 Å². The Labute approximate surface area is 122 Å². The minimum absolute atomic E-state index is 0.337. The van der Waals surface area contributed by atoms with Crippen LogP contribution in [-0.4, -0.2) is 54.0 Å². The molecule has 1 aliphatic carbocycles. The van der Waals surface area contributed by atoms with Gasteiger partial charge in [-0.1, -0.05) is 6.42 Å². The number of hydrogen-bond donors (Lipinski definition) is 1. The third kappa shape index (κ3) is 2.86. The van der Waals surface area contributed by atoms with Gasteiger partial charge in [-0.15, -0.1) is 0 Å². The number of nitrogens with zero attached hydrogens (tertiary/aromatic N) is 2. The molecule has 4 atom stereocenters. The fourth-order valence-electron chi connectivity index (χ4n) is 4.49. The number of fused-ring (bicyclic) bond motifs is 1. The number of carbonyl (C=O) groups excluding carboxylic acids is 1. The maximum atomic E-state index is 12.5. The van der Waals surface area contributed by atoms with Crippen LogP contribution >= 0.6 is 0 Å². The Hall–Kier alpha value is -0.610. The van der Waals surface area contributed by atoms with E-state index in [0.717, 1.165) is 25.6 Å². The lowest BCUT2D eigenvalue weighted by Crippen LogP contribution is -2.46. The van der Waals surface area contributed by atoms with Crippen LogP contribution in [0.2, 0.25) is 0 Å². The van der Waals surface area contributed by atoms with Gasteiger partial charge in [-0.05, 0) is 50.9 Å². The molecule has 1 saturated carbocycles. The van der Waals surface area contributed by atoms with Gasteiger partial charge >= 0.3 is 0 Å². The van der Waals surface area contributed by atoms with Gasteiger partial charge in [-0.2, -0.15) is 0 Å². The highest BCUT2D eigenvalue weighted by molar-refractivity contribution is 5.78. The molecular weight excluding hydrogens is 250 g/mol. The Morgan fingerprint density at radius 3 is 2.75 bits per heavy atom. The van der Waals surface area contributed by atoms with E-state index in [9.17, 15) is 4.79 Å². The predicted octanol–water partition coefficient (Wildman–Crippen LogP) is 1.45. The summed E-state index contributed by atoms with van der Waals surface area (Å²) in [5.74, 6) is 1.71. The van der Waals surface area contributed by atoms with E-state index in [-0.39, 0.29) is 0 Å². The minimum Gasteiger partial charge on any atom is -0.339 e. The fraction of sp³-hybridized carbons (Fsp3) is 0.938. The lowest BCUT2D eigenvalue weighted by atomic mass is 9.78. The van der Waals surface area contributed by atoms with Crippen LogP contribution in [0.5, 0.6) is 0 Å². The van der Waals surface area contributed by atoms with E-state index in [1.807, 2.05) is 0 Å². The first kappa shape index (κ1) is 14.3. The number of nitrogens with two attached hydrogens (primary N) is 1. The van der Waals surface area contributed by atoms with Crippen LogP contribution in [-0.2, 0) is 4.79 Å². The number of likely N-dealkylation sites (tertiary alicyclic amines) is 2. The monoisotopic (exact) mass is 279 g/mol. The molecule has 0 aromatic carbocycles. The van der Waals surface area contributed by atoms with E-state index < -0.39 is 0 Å². The van der Waals surface area contributed by atoms with Crippen molar-refractivity contribution in [2.24, 2.45) is 17.6 Å². The molecule has 3 fully saturated rings. The van der Waals surface area contributed by atoms with Crippen LogP contribution in [0.15, 0.2) is 0 Å². The topological polar surface area (TPSA) is 49.6 Å². The third-order valence-electron chi connectivity index (χ3n) is 5.71. The smallest absolute Gasteiger partial charge is 0.236 e. The second kappa shape index (κ2) is 6.02. The average molecular weight is 279 g/mol. The molecule has 20 heavy (non-hydrogen) atoms. The Morgan fingerprint density at radius 2 is 2.00 bits per heavy atom. The molecule has 2 heterocycles. The van der Waals surface area contributed by atoms with Crippen LogP contribution < -0.4 is 5.73 Å². The summed E-state index contributed by atoms with van der Waals surface area (Å²) in [6.07, 6.45) is 7.37. The molecule has 2 N–H and O–H groups in total. The molecule has 3 aliphatic rings. The van der Waals surface area contributed by atoms with E-state index in [0.29, 0.717) is 30.5 Å². The van der Waals surface area contributed by atoms with Gasteiger partial charge in [0.2, 0.25) is 5.91 Å². The first-order valence-corrected chi connectivity index (χ1v) is 8.42. The Bertz CT molecular complexity index is 360. The van der Waals surface area contributed by atoms with Gasteiger partial charge in [0.05, 0.1) is 6.54 Å². The highest BCUT2D eigenvalue weighted by atomic mass is 16.2. The number of piperidine rings is 1. The van der Waals surface area contributed by atoms with Crippen molar-refractivity contribution in [2.45, 2.75) is 57.5 Å². The zero-order valence-corrected chi connectivity index (χ0v) is 12.8. The molecule has 0 aromatic heterocycles. The van der Waals surface area contributed by atoms with Gasteiger partial charge in [-0.3, -0.25) is 9.69 Å². The van der Waals surface area contributed by atoms with Crippen molar-refractivity contribution in [1.82, 2.24) is 9.80 Å². The molecule has 4 unspecified atom stereocenters. The standard InChI is InChI=1S/C16H29N3O/c1-12-5-2-3-8-19(12)16(20)11-18-9-13-6-4-7-15(17)14(13)10-18/h12-15H,2-11,17H2,1H3. The van der Waals surface area contributed by atoms with Gasteiger partial charge in [0.25, 0.3) is 0 Å². The van der Waals surface area contributed by atoms with E-state index in [4.69, 9.17) is 5.73 Å². The van der Waals surface area contributed by atoms with E-state index in [1.165, 1.54) is 38.5 Å². The van der Waals surface area contributed by atoms with Gasteiger partial charge in [0.1, 0.15) is 0 Å². The van der Waals surface area contributed by atoms with Crippen molar-refractivity contribution in [1.29, 1.82) is 0 Å². The van der Waals surface area contributed by atoms with Crippen LogP contribution in [0.4, 0.5) is 0 Å². The zero-order valence-electron chi connectivity index (χ0n) is 12.8. The number of rotatable bonds is 2. The Morgan fingerprint density at radius 1 is 1.15 bits per heavy atom. The van der Waals surface area contributed by atoms with E-state index in [2.05, 4.69) is 16.7 Å². The second-order valence-electron chi connectivity index (χ2n) is 7.14. The highest BCUT2D eigenvalue weighted by Crippen LogP contribution is 2.35. The molecule has 4 nitrogen and oxygen atoms in total. The summed E-state index contributed by atoms with van der Waals surface area (Å²) >= 11 is 0. The van der Waals surface area contributed by atoms with Crippen molar-refractivity contribution in [2.75, 3.05) is 26.2 Å². The van der Waals surface area contributed by atoms with Crippen molar-refractivity contribution >= 4 is 5.91 Å². The first-order chi connectivity index (χ1) is 9.65. The molecule has 0 radical (unpaired) electrons. The first-order valence-electron chi connectivity index (χ1n) is 8.42. The molecule has 114 valence electrons. The summed E-state index contributed by atoms with van der Waals surface area (Å²) in [7, 11) is 0. The van der Waals surface area contributed by atoms with Gasteiger partial charge in [0.15, 0.2) is 0 Å². The summed E-state index contributed by atoms with van der Waals surface area (Å²) in [6.45, 7) is 5.90. The number of amides is 1. The van der Waals surface area contributed by atoms with Crippen LogP contribution in [0.1, 0.15) is 45.4 Å². The van der Waals surface area contributed by atoms with Gasteiger partial charge < -0.3 is 10.6 Å². The fourth-order valence-corrected chi connectivity index (χ4v) is 4.49. The van der Waals surface area contributed by atoms with Crippen molar-refractivity contribution in [3.8, 4) is 0 Å². The van der Waals surface area contributed by atoms with Crippen molar-refractivity contribution < 1.29 is 4.79 Å². The molecule has 3 rings (SSSR count). The highest BCUT2D eigenvalue weighted by Gasteiger charge is 2.39. The van der Waals surface area contributed by atoms with Crippen LogP contribution in [0.3, 0.4) is 0 Å². The summed E-state index contributed by atoms with van der Waals surface area (Å²) in [6, 6.07) is 0.797. The molecule has 2 saturated heterocycles. The quantitative estimate of drug-likeness (QED) is 0.832. The van der Waals surface area contributed by atoms with Gasteiger partial charge in [0, 0.05) is 31.7 Å². The van der Waals surface area contributed by atoms with Crippen LogP contribution in [0.25, 0.3) is 0 Å². The summed E-state index contributed by atoms with van der Waals surface area (Å²) in [5.41, 5.74) is 6.26. The maximum absolute atomic E-state index is 12.5. The predicted molar refractivity (Wildman–Crippen MR) is 80.3 cm³/mol. The van der Waals surface area contributed by atoms with Crippen LogP contribution in [0, 0.1) is 11.8 Å². The molecule has 2 aliphatic heterocycles. The lowest BCUT2D eigenvalue weighted by Gasteiger charge is -2.34. The molecule has 0 bridgehead atoms. The van der Waals surface area contributed by atoms with Crippen molar-refractivity contribution in [3.05, 3.63) is 0 Å². The Kier molecular flexibility index (Phi) is 4.32. The molecule has 0 aromatic rings. The normalized spacial score (nSPS) is 38.8. The summed E-state index contributed by atoms with van der Waals surface area (Å²) < 4.78 is 0. The third-order valence-corrected chi connectivity index (χ3v) is 5.71. The molecule has 4 heteroatoms. The molecule has 1 amide bonds. The second-order valence-corrected chi connectivity index (χ2v) is 7.14. The molecular formula is C16H29N3O. The van der Waals surface area contributed by atoms with E-state index in [1.54, 1.807) is 0 Å². The minimum atomic E-state index is 0.337. The summed E-state index contributed by atoms with van der Waals surface area (Å²) in [4.78, 5) is 17.0. The molecule has 0 spiro atoms. The lowest BCUT2D eigenvalue weighted by molar-refractivity contribution is -0.135.